The minimum atomic E-state index is 1.02. The molecule has 0 aliphatic rings. The molecule has 0 fully saturated rings. The van der Waals surface area contributed by atoms with E-state index in [1.165, 1.54) is 54.1 Å². The molecule has 0 saturated carbocycles. The van der Waals surface area contributed by atoms with Gasteiger partial charge in [-0.25, -0.2) is 4.98 Å². The molecule has 47 heavy (non-hydrogen) atoms. The van der Waals surface area contributed by atoms with Crippen LogP contribution in [-0.4, -0.2) is 9.97 Å². The van der Waals surface area contributed by atoms with Gasteiger partial charge in [0, 0.05) is 29.1 Å². The third kappa shape index (κ3) is 4.98. The number of aromatic nitrogens is 2. The monoisotopic (exact) mass is 616 g/mol. The molecule has 0 aliphatic carbocycles. The van der Waals surface area contributed by atoms with Crippen LogP contribution in [0.4, 0.5) is 0 Å². The topological polar surface area (TPSA) is 25.8 Å². The Balaban J connectivity index is 1.18. The predicted molar refractivity (Wildman–Crippen MR) is 200 cm³/mol. The Morgan fingerprint density at radius 1 is 0.404 bits per heavy atom. The van der Waals surface area contributed by atoms with Gasteiger partial charge in [0.05, 0.1) is 10.2 Å². The van der Waals surface area contributed by atoms with E-state index < -0.39 is 0 Å². The highest BCUT2D eigenvalue weighted by atomic mass is 32.1. The lowest BCUT2D eigenvalue weighted by molar-refractivity contribution is 1.33. The summed E-state index contributed by atoms with van der Waals surface area (Å²) in [5, 5.41) is 5.98. The molecule has 2 aromatic heterocycles. The minimum absolute atomic E-state index is 1.02. The Bertz CT molecular complexity index is 2550. The molecule has 2 nitrogen and oxygen atoms in total. The zero-order valence-corrected chi connectivity index (χ0v) is 26.3. The Morgan fingerprint density at radius 3 is 1.77 bits per heavy atom. The van der Waals surface area contributed by atoms with Crippen LogP contribution < -0.4 is 0 Å². The normalized spacial score (nSPS) is 11.4. The number of hydrogen-bond donors (Lipinski definition) is 0. The lowest BCUT2D eigenvalue weighted by Crippen LogP contribution is -1.87. The van der Waals surface area contributed by atoms with Crippen LogP contribution in [0.15, 0.2) is 170 Å². The van der Waals surface area contributed by atoms with Gasteiger partial charge in [0.25, 0.3) is 0 Å². The van der Waals surface area contributed by atoms with E-state index in [1.54, 1.807) is 11.3 Å². The summed E-state index contributed by atoms with van der Waals surface area (Å²) in [7, 11) is 0. The SMILES string of the molecule is c1cncc(-c2cccc(-c3ccc(-c4nc5c(-c6cccc7ccccc67)cc(-c6cccc7ccccc67)cc5s4)cc3)c2)c1. The summed E-state index contributed by atoms with van der Waals surface area (Å²) in [5.74, 6) is 0. The second kappa shape index (κ2) is 11.5. The van der Waals surface area contributed by atoms with Gasteiger partial charge in [-0.1, -0.05) is 133 Å². The maximum absolute atomic E-state index is 5.33. The molecule has 0 aliphatic heterocycles. The van der Waals surface area contributed by atoms with Crippen molar-refractivity contribution in [3.05, 3.63) is 170 Å². The second-order valence-electron chi connectivity index (χ2n) is 11.8. The van der Waals surface area contributed by atoms with Gasteiger partial charge in [-0.05, 0) is 79.2 Å². The Morgan fingerprint density at radius 2 is 1.02 bits per heavy atom. The molecule has 3 heteroatoms. The molecule has 9 rings (SSSR count). The third-order valence-electron chi connectivity index (χ3n) is 9.00. The van der Waals surface area contributed by atoms with Gasteiger partial charge in [-0.3, -0.25) is 4.98 Å². The van der Waals surface area contributed by atoms with Crippen LogP contribution in [0.2, 0.25) is 0 Å². The molecule has 0 unspecified atom stereocenters. The van der Waals surface area contributed by atoms with E-state index in [9.17, 15) is 0 Å². The molecule has 0 N–H and O–H groups in total. The van der Waals surface area contributed by atoms with Crippen molar-refractivity contribution in [3.8, 4) is 55.1 Å². The lowest BCUT2D eigenvalue weighted by atomic mass is 9.92. The first-order valence-electron chi connectivity index (χ1n) is 15.8. The highest BCUT2D eigenvalue weighted by Gasteiger charge is 2.17. The molecular weight excluding hydrogens is 589 g/mol. The number of hydrogen-bond acceptors (Lipinski definition) is 3. The first kappa shape index (κ1) is 27.4. The van der Waals surface area contributed by atoms with E-state index in [0.29, 0.717) is 0 Å². The summed E-state index contributed by atoms with van der Waals surface area (Å²) >= 11 is 1.76. The summed E-state index contributed by atoms with van der Waals surface area (Å²) in [4.78, 5) is 9.63. The zero-order chi connectivity index (χ0) is 31.2. The molecule has 0 amide bonds. The van der Waals surface area contributed by atoms with Crippen LogP contribution in [0.3, 0.4) is 0 Å². The van der Waals surface area contributed by atoms with E-state index in [2.05, 4.69) is 157 Å². The first-order valence-corrected chi connectivity index (χ1v) is 16.6. The number of fused-ring (bicyclic) bond motifs is 3. The van der Waals surface area contributed by atoms with Crippen LogP contribution >= 0.6 is 11.3 Å². The van der Waals surface area contributed by atoms with Gasteiger partial charge >= 0.3 is 0 Å². The summed E-state index contributed by atoms with van der Waals surface area (Å²) in [6, 6.07) is 56.6. The molecule has 2 heterocycles. The van der Waals surface area contributed by atoms with Gasteiger partial charge in [0.1, 0.15) is 5.01 Å². The average molecular weight is 617 g/mol. The average Bonchev–Trinajstić information content (AvgIpc) is 3.59. The standard InChI is InChI=1S/C44H28N2S/c1-3-16-37-30(9-1)11-6-18-39(37)36-26-41(40-19-7-12-31-10-2-4-17-38(31)40)43-42(27-36)47-44(46-43)32-22-20-29(21-23-32)33-13-5-14-34(25-33)35-15-8-24-45-28-35/h1-28H. The Labute approximate surface area is 277 Å². The largest absolute Gasteiger partial charge is 0.264 e. The van der Waals surface area contributed by atoms with Crippen molar-refractivity contribution in [1.82, 2.24) is 9.97 Å². The summed E-state index contributed by atoms with van der Waals surface area (Å²) in [5.41, 5.74) is 11.6. The van der Waals surface area contributed by atoms with Gasteiger partial charge in [-0.2, -0.15) is 0 Å². The summed E-state index contributed by atoms with van der Waals surface area (Å²) < 4.78 is 1.18. The number of rotatable bonds is 5. The molecular formula is C44H28N2S. The van der Waals surface area contributed by atoms with E-state index in [1.807, 2.05) is 18.5 Å². The predicted octanol–water partition coefficient (Wildman–Crippen LogP) is 12.3. The van der Waals surface area contributed by atoms with Crippen molar-refractivity contribution >= 4 is 43.1 Å². The van der Waals surface area contributed by atoms with Crippen LogP contribution in [-0.2, 0) is 0 Å². The highest BCUT2D eigenvalue weighted by molar-refractivity contribution is 7.21. The number of pyridine rings is 1. The van der Waals surface area contributed by atoms with Crippen molar-refractivity contribution < 1.29 is 0 Å². The summed E-state index contributed by atoms with van der Waals surface area (Å²) in [6.07, 6.45) is 3.72. The zero-order valence-electron chi connectivity index (χ0n) is 25.5. The molecule has 7 aromatic carbocycles. The molecule has 0 saturated heterocycles. The lowest BCUT2D eigenvalue weighted by Gasteiger charge is -2.12. The van der Waals surface area contributed by atoms with Crippen molar-refractivity contribution in [2.45, 2.75) is 0 Å². The fraction of sp³-hybridized carbons (Fsp3) is 0. The molecule has 220 valence electrons. The van der Waals surface area contributed by atoms with Crippen molar-refractivity contribution in [3.63, 3.8) is 0 Å². The van der Waals surface area contributed by atoms with E-state index in [0.717, 1.165) is 32.8 Å². The van der Waals surface area contributed by atoms with E-state index in [4.69, 9.17) is 4.98 Å². The van der Waals surface area contributed by atoms with Gasteiger partial charge < -0.3 is 0 Å². The summed E-state index contributed by atoms with van der Waals surface area (Å²) in [6.45, 7) is 0. The highest BCUT2D eigenvalue weighted by Crippen LogP contribution is 2.42. The van der Waals surface area contributed by atoms with Crippen molar-refractivity contribution in [2.24, 2.45) is 0 Å². The molecule has 9 aromatic rings. The van der Waals surface area contributed by atoms with E-state index >= 15 is 0 Å². The molecule has 0 bridgehead atoms. The van der Waals surface area contributed by atoms with Crippen molar-refractivity contribution in [1.29, 1.82) is 0 Å². The minimum Gasteiger partial charge on any atom is -0.264 e. The molecule has 0 spiro atoms. The number of benzene rings is 7. The smallest absolute Gasteiger partial charge is 0.124 e. The van der Waals surface area contributed by atoms with Gasteiger partial charge in [0.2, 0.25) is 0 Å². The molecule has 0 atom stereocenters. The van der Waals surface area contributed by atoms with Gasteiger partial charge in [-0.15, -0.1) is 11.3 Å². The number of nitrogens with zero attached hydrogens (tertiary/aromatic N) is 2. The Kier molecular flexibility index (Phi) is 6.69. The maximum atomic E-state index is 5.33. The quantitative estimate of drug-likeness (QED) is 0.192. The fourth-order valence-corrected chi connectivity index (χ4v) is 7.71. The third-order valence-corrected chi connectivity index (χ3v) is 10.0. The maximum Gasteiger partial charge on any atom is 0.124 e. The van der Waals surface area contributed by atoms with Gasteiger partial charge in [0.15, 0.2) is 0 Å². The number of thiazole rings is 1. The van der Waals surface area contributed by atoms with Crippen LogP contribution in [0.1, 0.15) is 0 Å². The Hall–Kier alpha value is -5.90. The van der Waals surface area contributed by atoms with Crippen LogP contribution in [0.25, 0.3) is 86.8 Å². The van der Waals surface area contributed by atoms with Crippen molar-refractivity contribution in [2.75, 3.05) is 0 Å². The first-order chi connectivity index (χ1) is 23.3. The van der Waals surface area contributed by atoms with Crippen LogP contribution in [0.5, 0.6) is 0 Å². The van der Waals surface area contributed by atoms with Crippen LogP contribution in [0, 0.1) is 0 Å². The fourth-order valence-electron chi connectivity index (χ4n) is 6.67. The van der Waals surface area contributed by atoms with E-state index in [-0.39, 0.29) is 0 Å². The molecule has 0 radical (unpaired) electrons. The second-order valence-corrected chi connectivity index (χ2v) is 12.9.